The van der Waals surface area contributed by atoms with Gasteiger partial charge in [0.25, 0.3) is 5.91 Å². The molecule has 2 heterocycles. The van der Waals surface area contributed by atoms with Crippen molar-refractivity contribution in [2.45, 2.75) is 18.9 Å². The number of carbonyl (C=O) groups excluding carboxylic acids is 1. The monoisotopic (exact) mass is 382 g/mol. The summed E-state index contributed by atoms with van der Waals surface area (Å²) in [6, 6.07) is 16.0. The molecule has 1 aliphatic heterocycles. The van der Waals surface area contributed by atoms with Crippen molar-refractivity contribution >= 4 is 28.4 Å². The molecular weight excluding hydrogens is 364 g/mol. The Bertz CT molecular complexity index is 967. The van der Waals surface area contributed by atoms with Gasteiger partial charge in [-0.15, -0.1) is 0 Å². The molecule has 1 amide bonds. The van der Waals surface area contributed by atoms with E-state index < -0.39 is 0 Å². The second-order valence-corrected chi connectivity index (χ2v) is 7.04. The second-order valence-electron chi connectivity index (χ2n) is 6.61. The van der Waals surface area contributed by atoms with E-state index in [2.05, 4.69) is 4.98 Å². The highest BCUT2D eigenvalue weighted by Crippen LogP contribution is 2.26. The van der Waals surface area contributed by atoms with Gasteiger partial charge in [-0.05, 0) is 36.4 Å². The van der Waals surface area contributed by atoms with E-state index in [1.165, 1.54) is 6.07 Å². The molecule has 0 aliphatic carbocycles. The summed E-state index contributed by atoms with van der Waals surface area (Å²) in [5, 5.41) is 11.5. The highest BCUT2D eigenvalue weighted by Gasteiger charge is 2.26. The minimum absolute atomic E-state index is 0.0631. The first kappa shape index (κ1) is 17.6. The molecule has 1 aromatic heterocycles. The number of amides is 1. The molecule has 0 saturated carbocycles. The van der Waals surface area contributed by atoms with Gasteiger partial charge in [-0.3, -0.25) is 4.79 Å². The molecular formula is C21H19ClN2O3. The minimum Gasteiger partial charge on any atom is -0.507 e. The lowest BCUT2D eigenvalue weighted by Crippen LogP contribution is -2.42. The third kappa shape index (κ3) is 3.83. The van der Waals surface area contributed by atoms with Crippen molar-refractivity contribution in [2.75, 3.05) is 13.1 Å². The van der Waals surface area contributed by atoms with Crippen molar-refractivity contribution in [3.05, 3.63) is 65.3 Å². The van der Waals surface area contributed by atoms with Crippen LogP contribution in [0.15, 0.2) is 54.6 Å². The Morgan fingerprint density at radius 2 is 1.81 bits per heavy atom. The summed E-state index contributed by atoms with van der Waals surface area (Å²) in [5.41, 5.74) is 0.880. The molecule has 0 atom stereocenters. The van der Waals surface area contributed by atoms with Crippen LogP contribution in [-0.2, 0) is 0 Å². The number of piperidine rings is 1. The zero-order chi connectivity index (χ0) is 18.8. The van der Waals surface area contributed by atoms with Gasteiger partial charge in [0.1, 0.15) is 23.3 Å². The van der Waals surface area contributed by atoms with Gasteiger partial charge in [-0.25, -0.2) is 4.98 Å². The molecule has 2 aromatic carbocycles. The number of likely N-dealkylation sites (tertiary alicyclic amines) is 1. The van der Waals surface area contributed by atoms with Crippen molar-refractivity contribution in [1.29, 1.82) is 0 Å². The molecule has 4 rings (SSSR count). The zero-order valence-electron chi connectivity index (χ0n) is 14.6. The van der Waals surface area contributed by atoms with Crippen molar-refractivity contribution in [2.24, 2.45) is 0 Å². The van der Waals surface area contributed by atoms with Crippen LogP contribution in [0.25, 0.3) is 10.9 Å². The summed E-state index contributed by atoms with van der Waals surface area (Å²) >= 11 is 5.89. The van der Waals surface area contributed by atoms with Crippen LogP contribution < -0.4 is 4.74 Å². The molecule has 3 aromatic rings. The Hall–Kier alpha value is -2.79. The van der Waals surface area contributed by atoms with Gasteiger partial charge in [0.15, 0.2) is 0 Å². The maximum Gasteiger partial charge on any atom is 0.272 e. The van der Waals surface area contributed by atoms with Gasteiger partial charge in [-0.2, -0.15) is 0 Å². The topological polar surface area (TPSA) is 62.7 Å². The third-order valence-electron chi connectivity index (χ3n) is 4.76. The molecule has 1 N–H and O–H groups in total. The van der Waals surface area contributed by atoms with Crippen LogP contribution >= 0.6 is 11.6 Å². The summed E-state index contributed by atoms with van der Waals surface area (Å²) in [5.74, 6) is 0.691. The van der Waals surface area contributed by atoms with Gasteiger partial charge in [0.05, 0.1) is 5.52 Å². The largest absolute Gasteiger partial charge is 0.507 e. The Balaban J connectivity index is 1.42. The van der Waals surface area contributed by atoms with Crippen molar-refractivity contribution in [3.8, 4) is 11.5 Å². The minimum atomic E-state index is -0.166. The quantitative estimate of drug-likeness (QED) is 0.734. The number of ether oxygens (including phenoxy) is 1. The Kier molecular flexibility index (Phi) is 4.86. The van der Waals surface area contributed by atoms with Crippen LogP contribution in [0.4, 0.5) is 0 Å². The average Bonchev–Trinajstić information content (AvgIpc) is 2.70. The highest BCUT2D eigenvalue weighted by molar-refractivity contribution is 6.30. The molecule has 1 aliphatic rings. The van der Waals surface area contributed by atoms with Crippen molar-refractivity contribution in [3.63, 3.8) is 0 Å². The summed E-state index contributed by atoms with van der Waals surface area (Å²) in [6.07, 6.45) is 1.55. The molecule has 5 nitrogen and oxygen atoms in total. The number of hydrogen-bond donors (Lipinski definition) is 1. The number of hydrogen-bond acceptors (Lipinski definition) is 4. The second kappa shape index (κ2) is 7.45. The number of nitrogens with zero attached hydrogens (tertiary/aromatic N) is 2. The molecule has 0 radical (unpaired) electrons. The Morgan fingerprint density at radius 1 is 1.11 bits per heavy atom. The highest BCUT2D eigenvalue weighted by atomic mass is 35.5. The van der Waals surface area contributed by atoms with Crippen molar-refractivity contribution in [1.82, 2.24) is 9.88 Å². The van der Waals surface area contributed by atoms with Crippen LogP contribution in [0.3, 0.4) is 0 Å². The van der Waals surface area contributed by atoms with Gasteiger partial charge in [0, 0.05) is 42.4 Å². The van der Waals surface area contributed by atoms with Crippen LogP contribution in [0.5, 0.6) is 11.5 Å². The molecule has 27 heavy (non-hydrogen) atoms. The average molecular weight is 383 g/mol. The normalized spacial score (nSPS) is 15.1. The zero-order valence-corrected chi connectivity index (χ0v) is 15.4. The first-order valence-electron chi connectivity index (χ1n) is 8.90. The Labute approximate surface area is 162 Å². The smallest absolute Gasteiger partial charge is 0.272 e. The predicted molar refractivity (Wildman–Crippen MR) is 104 cm³/mol. The number of carbonyl (C=O) groups is 1. The third-order valence-corrected chi connectivity index (χ3v) is 5.01. The van der Waals surface area contributed by atoms with E-state index in [-0.39, 0.29) is 23.5 Å². The number of benzene rings is 2. The van der Waals surface area contributed by atoms with Gasteiger partial charge >= 0.3 is 0 Å². The van der Waals surface area contributed by atoms with Crippen LogP contribution in [0.2, 0.25) is 5.02 Å². The molecule has 1 fully saturated rings. The Morgan fingerprint density at radius 3 is 2.56 bits per heavy atom. The van der Waals surface area contributed by atoms with E-state index in [1.54, 1.807) is 29.2 Å². The van der Waals surface area contributed by atoms with Crippen LogP contribution in [0, 0.1) is 0 Å². The fourth-order valence-corrected chi connectivity index (χ4v) is 3.44. The van der Waals surface area contributed by atoms with Crippen LogP contribution in [-0.4, -0.2) is 40.1 Å². The fraction of sp³-hybridized carbons (Fsp3) is 0.238. The van der Waals surface area contributed by atoms with E-state index in [4.69, 9.17) is 16.3 Å². The van der Waals surface area contributed by atoms with Gasteiger partial charge in [0.2, 0.25) is 0 Å². The summed E-state index contributed by atoms with van der Waals surface area (Å²) < 4.78 is 5.97. The number of rotatable bonds is 3. The number of halogens is 1. The lowest BCUT2D eigenvalue weighted by Gasteiger charge is -2.32. The molecule has 138 valence electrons. The fourth-order valence-electron chi connectivity index (χ4n) is 3.31. The van der Waals surface area contributed by atoms with Gasteiger partial charge in [-0.1, -0.05) is 23.7 Å². The van der Waals surface area contributed by atoms with E-state index in [9.17, 15) is 9.90 Å². The number of para-hydroxylation sites is 1. The lowest BCUT2D eigenvalue weighted by atomic mass is 10.1. The van der Waals surface area contributed by atoms with E-state index in [0.717, 1.165) is 18.6 Å². The van der Waals surface area contributed by atoms with E-state index >= 15 is 0 Å². The SMILES string of the molecule is O=C(c1cc(O)c2ccccc2n1)N1CCC(Oc2ccc(Cl)cc2)CC1. The molecule has 0 unspecified atom stereocenters. The van der Waals surface area contributed by atoms with E-state index in [0.29, 0.717) is 29.0 Å². The summed E-state index contributed by atoms with van der Waals surface area (Å²) in [4.78, 5) is 19.0. The number of aromatic nitrogens is 1. The van der Waals surface area contributed by atoms with Gasteiger partial charge < -0.3 is 14.7 Å². The first-order chi connectivity index (χ1) is 13.1. The maximum atomic E-state index is 12.8. The number of aromatic hydroxyl groups is 1. The summed E-state index contributed by atoms with van der Waals surface area (Å²) in [7, 11) is 0. The molecule has 0 spiro atoms. The van der Waals surface area contributed by atoms with E-state index in [1.807, 2.05) is 24.3 Å². The number of pyridine rings is 1. The van der Waals surface area contributed by atoms with Crippen molar-refractivity contribution < 1.29 is 14.6 Å². The standard InChI is InChI=1S/C21H19ClN2O3/c22-14-5-7-15(8-6-14)27-16-9-11-24(12-10-16)21(26)19-13-20(25)17-3-1-2-4-18(17)23-19/h1-8,13,16H,9-12H2,(H,23,25). The predicted octanol–water partition coefficient (Wildman–Crippen LogP) is 4.28. The lowest BCUT2D eigenvalue weighted by molar-refractivity contribution is 0.0590. The first-order valence-corrected chi connectivity index (χ1v) is 9.28. The molecule has 0 bridgehead atoms. The molecule has 1 saturated heterocycles. The number of fused-ring (bicyclic) bond motifs is 1. The maximum absolute atomic E-state index is 12.8. The molecule has 6 heteroatoms. The summed E-state index contributed by atoms with van der Waals surface area (Å²) in [6.45, 7) is 1.18. The van der Waals surface area contributed by atoms with Crippen LogP contribution in [0.1, 0.15) is 23.3 Å².